The van der Waals surface area contributed by atoms with E-state index in [1.54, 1.807) is 52.5 Å². The zero-order valence-electron chi connectivity index (χ0n) is 77.6. The molecule has 0 unspecified atom stereocenters. The lowest BCUT2D eigenvalue weighted by Gasteiger charge is -2.37. The van der Waals surface area contributed by atoms with Crippen LogP contribution in [-0.2, 0) is 35.2 Å². The molecule has 9 heterocycles. The maximum atomic E-state index is 13.5. The number of carbonyl (C=O) groups excluding carboxylic acids is 3. The average molecular weight is 1970 g/mol. The normalized spacial score (nSPS) is 16.9. The highest BCUT2D eigenvalue weighted by Crippen LogP contribution is 2.47. The Balaban J connectivity index is 0.000000127. The third kappa shape index (κ3) is 23.5. The lowest BCUT2D eigenvalue weighted by Crippen LogP contribution is -2.43. The Labute approximate surface area is 829 Å². The molecule has 14 aromatic rings. The summed E-state index contributed by atoms with van der Waals surface area (Å²) in [6, 6.07) is 64.9. The van der Waals surface area contributed by atoms with Crippen LogP contribution in [0.1, 0.15) is 190 Å². The van der Waals surface area contributed by atoms with Crippen LogP contribution < -0.4 is 39.2 Å². The average Bonchev–Trinajstić information content (AvgIpc) is 1.62. The van der Waals surface area contributed by atoms with Crippen LogP contribution in [0.3, 0.4) is 0 Å². The Morgan fingerprint density at radius 3 is 1.15 bits per heavy atom. The minimum atomic E-state index is -0.573. The number of amides is 3. The van der Waals surface area contributed by atoms with Crippen LogP contribution in [0.15, 0.2) is 225 Å². The largest absolute Gasteiger partial charge is 0.494 e. The fourth-order valence-corrected chi connectivity index (χ4v) is 20.6. The summed E-state index contributed by atoms with van der Waals surface area (Å²) in [6.07, 6.45) is 20.6. The van der Waals surface area contributed by atoms with E-state index >= 15 is 0 Å². The summed E-state index contributed by atoms with van der Waals surface area (Å²) in [6.45, 7) is 18.4. The minimum absolute atomic E-state index is 0.0317. The highest BCUT2D eigenvalue weighted by Gasteiger charge is 2.41. The number of aromatic nitrogens is 6. The number of carbonyl (C=O) groups is 3. The fourth-order valence-electron chi connectivity index (χ4n) is 19.6. The molecule has 28 heteroatoms. The lowest BCUT2D eigenvalue weighted by molar-refractivity contribution is 0.0175. The first-order valence-corrected chi connectivity index (χ1v) is 50.1. The quantitative estimate of drug-likeness (QED) is 0.0168. The zero-order valence-corrected chi connectivity index (χ0v) is 82.1. The van der Waals surface area contributed by atoms with E-state index in [1.807, 2.05) is 184 Å². The molecule has 4 aliphatic heterocycles. The summed E-state index contributed by atoms with van der Waals surface area (Å²) in [5, 5.41) is 15.2. The van der Waals surface area contributed by atoms with Gasteiger partial charge in [0.05, 0.1) is 32.5 Å². The Kier molecular flexibility index (Phi) is 32.1. The third-order valence-corrected chi connectivity index (χ3v) is 27.5. The maximum absolute atomic E-state index is 13.5. The first-order valence-electron chi connectivity index (χ1n) is 47.7. The Morgan fingerprint density at radius 1 is 0.431 bits per heavy atom. The van der Waals surface area contributed by atoms with Crippen molar-refractivity contribution in [2.45, 2.75) is 166 Å². The van der Waals surface area contributed by atoms with Crippen molar-refractivity contribution in [3.63, 3.8) is 0 Å². The minimum Gasteiger partial charge on any atom is -0.494 e. The van der Waals surface area contributed by atoms with Crippen molar-refractivity contribution in [2.24, 2.45) is 0 Å². The van der Waals surface area contributed by atoms with Crippen LogP contribution in [0.4, 0.5) is 20.3 Å². The van der Waals surface area contributed by atoms with Crippen molar-refractivity contribution in [1.82, 2.24) is 55.2 Å². The van der Waals surface area contributed by atoms with Crippen LogP contribution in [0.25, 0.3) is 43.6 Å². The van der Waals surface area contributed by atoms with Gasteiger partial charge in [0.25, 0.3) is 0 Å². The molecule has 2 fully saturated rings. The number of hydrogen-bond donors (Lipinski definition) is 6. The number of rotatable bonds is 26. The van der Waals surface area contributed by atoms with Crippen LogP contribution in [0.2, 0.25) is 25.1 Å². The molecular formula is C109H116Cl6N12O10. The number of alkyl halides is 1. The van der Waals surface area contributed by atoms with Gasteiger partial charge in [-0.2, -0.15) is 0 Å². The standard InChI is InChI=1S/C32H33Cl2N3O3.C28H34ClN3O3.C25H28Cl2N2O3.C24H21ClN4O/c33-22-8-13-26(14-9-22)40-32(38)37-18-16-27-28-20-23(34)10-15-29(28)36-30(27)31(37)21-6-11-25(12-7-21)39-19-3-17-35-24-4-1-2-5-24;1-2-34-28(33)32-16-14-23-24-18-20(29)10-13-25(24)31-26(23)27(32)19-8-11-22(12-9-19)35-17-5-15-30-21-6-3-4-7-21;1-25(2,3)32-24(30)29-13-11-19-20-15-17(27)7-10-21(20)28-22(19)23(29)16-5-8-18(9-6-16)31-14-4-12-26;1-2-14-30-18-7-4-16(5-8-18)23-22-19(20-15-17(25)6-9-21(20)28-22)10-13-29(23)24-26-11-3-12-27-24/h6-15,20,24,31,35-36H,1-5,16-19H2;8-13,18,21,27,30-31H,2-7,14-17H2,1H3;5-10,15,23,28H,4,11-14H2,1-3H3;2-9,11-12,15,23,28H,1,10,13-14H2/t31-;27-;2*23-/m0000/s1. The lowest BCUT2D eigenvalue weighted by atomic mass is 9.92. The van der Waals surface area contributed by atoms with Gasteiger partial charge < -0.3 is 68.6 Å². The van der Waals surface area contributed by atoms with Gasteiger partial charge in [0.15, 0.2) is 0 Å². The van der Waals surface area contributed by atoms with Gasteiger partial charge in [-0.25, -0.2) is 24.4 Å². The second-order valence-corrected chi connectivity index (χ2v) is 38.9. The van der Waals surface area contributed by atoms with Crippen LogP contribution in [-0.4, -0.2) is 159 Å². The molecule has 6 N–H and O–H groups in total. The summed E-state index contributed by atoms with van der Waals surface area (Å²) < 4.78 is 40.3. The molecule has 20 rings (SSSR count). The topological polar surface area (TPSA) is 242 Å². The van der Waals surface area contributed by atoms with E-state index in [1.165, 1.54) is 79.0 Å². The first-order chi connectivity index (χ1) is 66.7. The molecule has 3 amide bonds. The van der Waals surface area contributed by atoms with Crippen molar-refractivity contribution in [3.8, 4) is 28.7 Å². The number of aromatic amines is 4. The van der Waals surface area contributed by atoms with Gasteiger partial charge in [-0.1, -0.05) is 145 Å². The number of H-pyrrole nitrogens is 4. The van der Waals surface area contributed by atoms with E-state index in [0.29, 0.717) is 103 Å². The van der Waals surface area contributed by atoms with Crippen molar-refractivity contribution >= 4 is 137 Å². The molecule has 137 heavy (non-hydrogen) atoms. The molecule has 0 radical (unpaired) electrons. The second kappa shape index (κ2) is 45.4. The van der Waals surface area contributed by atoms with Crippen molar-refractivity contribution in [1.29, 1.82) is 0 Å². The second-order valence-electron chi connectivity index (χ2n) is 36.3. The number of ether oxygens (including phenoxy) is 7. The molecule has 2 saturated carbocycles. The van der Waals surface area contributed by atoms with Gasteiger partial charge >= 0.3 is 18.3 Å². The fraction of sp³-hybridized carbons (Fsp3) is 0.349. The summed E-state index contributed by atoms with van der Waals surface area (Å²) >= 11 is 36.9. The predicted molar refractivity (Wildman–Crippen MR) is 549 cm³/mol. The molecule has 0 bridgehead atoms. The van der Waals surface area contributed by atoms with E-state index in [9.17, 15) is 14.4 Å². The zero-order chi connectivity index (χ0) is 95.1. The summed E-state index contributed by atoms with van der Waals surface area (Å²) in [5.41, 5.74) is 16.7. The van der Waals surface area contributed by atoms with E-state index < -0.39 is 11.7 Å². The van der Waals surface area contributed by atoms with Crippen molar-refractivity contribution < 1.29 is 47.5 Å². The number of anilines is 1. The molecule has 4 atom stereocenters. The SMILES string of the molecule is C=CCOc1ccc([C@H]2c3[nH]c4ccc(Cl)cc4c3CCN2c2ncccn2)cc1.CC(C)(C)OC(=O)N1CCc2c([nH]c3ccc(Cl)cc23)[C@@H]1c1ccc(OCCCCl)cc1.CCOC(=O)N1CCc2c([nH]c3ccc(Cl)cc23)[C@@H]1c1ccc(OCCCNC2CCCC2)cc1.O=C(Oc1ccc(Cl)cc1)N1CCc2c([nH]c3ccc(Cl)cc23)[C@@H]1c1ccc(OCCCNC2CCCC2)cc1. The number of nitrogens with zero attached hydrogens (tertiary/aromatic N) is 6. The van der Waals surface area contributed by atoms with Gasteiger partial charge in [-0.3, -0.25) is 14.7 Å². The third-order valence-electron chi connectivity index (χ3n) is 26.0. The highest BCUT2D eigenvalue weighted by molar-refractivity contribution is 6.32. The molecule has 0 spiro atoms. The molecule has 5 aromatic heterocycles. The number of fused-ring (bicyclic) bond motifs is 12. The van der Waals surface area contributed by atoms with Crippen LogP contribution in [0.5, 0.6) is 28.7 Å². The van der Waals surface area contributed by atoms with Gasteiger partial charge in [0.2, 0.25) is 5.95 Å². The molecule has 0 saturated heterocycles. The van der Waals surface area contributed by atoms with Crippen LogP contribution in [0, 0.1) is 0 Å². The highest BCUT2D eigenvalue weighted by atomic mass is 35.5. The number of halogens is 6. The summed E-state index contributed by atoms with van der Waals surface area (Å²) in [5.74, 6) is 5.00. The molecule has 9 aromatic carbocycles. The van der Waals surface area contributed by atoms with E-state index in [-0.39, 0.29) is 36.4 Å². The van der Waals surface area contributed by atoms with Crippen molar-refractivity contribution in [3.05, 3.63) is 318 Å². The maximum Gasteiger partial charge on any atom is 0.416 e. The van der Waals surface area contributed by atoms with Gasteiger partial charge in [0, 0.05) is 148 Å². The van der Waals surface area contributed by atoms with E-state index in [0.717, 1.165) is 175 Å². The predicted octanol–water partition coefficient (Wildman–Crippen LogP) is 26.2. The number of benzene rings is 9. The molecule has 714 valence electrons. The molecule has 22 nitrogen and oxygen atoms in total. The monoisotopic (exact) mass is 1960 g/mol. The van der Waals surface area contributed by atoms with Gasteiger partial charge in [-0.15, -0.1) is 11.6 Å². The Bertz CT molecular complexity index is 6460. The Morgan fingerprint density at radius 2 is 0.774 bits per heavy atom. The molecule has 2 aliphatic carbocycles. The number of nitrogens with one attached hydrogen (secondary N) is 6. The first kappa shape index (κ1) is 97.1. The smallest absolute Gasteiger partial charge is 0.416 e. The molecular weight excluding hydrogens is 1850 g/mol. The van der Waals surface area contributed by atoms with Gasteiger partial charge in [0.1, 0.15) is 59.1 Å². The van der Waals surface area contributed by atoms with Gasteiger partial charge in [-0.05, 0) is 308 Å². The summed E-state index contributed by atoms with van der Waals surface area (Å²) in [4.78, 5) is 70.5. The van der Waals surface area contributed by atoms with E-state index in [4.69, 9.17) is 103 Å². The Hall–Kier alpha value is -11.6. The van der Waals surface area contributed by atoms with Crippen LogP contribution >= 0.6 is 69.6 Å². The van der Waals surface area contributed by atoms with Crippen molar-refractivity contribution in [2.75, 3.05) is 83.1 Å². The molecule has 6 aliphatic rings. The summed E-state index contributed by atoms with van der Waals surface area (Å²) in [7, 11) is 0. The van der Waals surface area contributed by atoms with E-state index in [2.05, 4.69) is 76.3 Å². The number of hydrogen-bond acceptors (Lipinski definition) is 15.